The third kappa shape index (κ3) is 3.03. The molecule has 1 aliphatic heterocycles. The van der Waals surface area contributed by atoms with Gasteiger partial charge in [-0.3, -0.25) is 4.79 Å². The van der Waals surface area contributed by atoms with E-state index in [1.165, 1.54) is 0 Å². The molecule has 0 bridgehead atoms. The Hall–Kier alpha value is -1.43. The molecule has 2 rings (SSSR count). The number of aromatic nitrogens is 3. The molecular formula is C11H19N5O. The number of amides is 1. The highest BCUT2D eigenvalue weighted by molar-refractivity contribution is 5.91. The largest absolute Gasteiger partial charge is 0.351 e. The smallest absolute Gasteiger partial charge is 0.273 e. The average Bonchev–Trinajstić information content (AvgIpc) is 2.86. The highest BCUT2D eigenvalue weighted by Crippen LogP contribution is 2.16. The van der Waals surface area contributed by atoms with Gasteiger partial charge in [0.1, 0.15) is 0 Å². The first-order valence-electron chi connectivity index (χ1n) is 6.22. The summed E-state index contributed by atoms with van der Waals surface area (Å²) in [5, 5.41) is 14.1. The predicted molar refractivity (Wildman–Crippen MR) is 63.8 cm³/mol. The number of hydrogen-bond donors (Lipinski definition) is 2. The maximum atomic E-state index is 11.7. The van der Waals surface area contributed by atoms with E-state index in [1.807, 2.05) is 11.6 Å². The first-order chi connectivity index (χ1) is 8.31. The third-order valence-electron chi connectivity index (χ3n) is 2.96. The summed E-state index contributed by atoms with van der Waals surface area (Å²) in [5.41, 5.74) is 0.414. The highest BCUT2D eigenvalue weighted by Gasteiger charge is 2.18. The van der Waals surface area contributed by atoms with Crippen LogP contribution in [0.2, 0.25) is 0 Å². The van der Waals surface area contributed by atoms with E-state index in [1.54, 1.807) is 6.20 Å². The molecule has 1 amide bonds. The maximum absolute atomic E-state index is 11.7. The van der Waals surface area contributed by atoms with Crippen molar-refractivity contribution in [3.63, 3.8) is 0 Å². The lowest BCUT2D eigenvalue weighted by Crippen LogP contribution is -2.29. The molecule has 0 spiro atoms. The molecule has 17 heavy (non-hydrogen) atoms. The molecule has 6 nitrogen and oxygen atoms in total. The van der Waals surface area contributed by atoms with Gasteiger partial charge in [-0.25, -0.2) is 4.68 Å². The molecule has 94 valence electrons. The van der Waals surface area contributed by atoms with Crippen LogP contribution in [0.3, 0.4) is 0 Å². The van der Waals surface area contributed by atoms with Crippen LogP contribution in [0.4, 0.5) is 0 Å². The van der Waals surface area contributed by atoms with Gasteiger partial charge in [0.2, 0.25) is 0 Å². The van der Waals surface area contributed by atoms with E-state index in [0.29, 0.717) is 18.3 Å². The summed E-state index contributed by atoms with van der Waals surface area (Å²) in [6.07, 6.45) is 4.76. The average molecular weight is 237 g/mol. The minimum absolute atomic E-state index is 0.132. The van der Waals surface area contributed by atoms with Crippen molar-refractivity contribution in [3.05, 3.63) is 11.9 Å². The lowest BCUT2D eigenvalue weighted by Gasteiger charge is -2.22. The Kier molecular flexibility index (Phi) is 4.08. The summed E-state index contributed by atoms with van der Waals surface area (Å²) in [5.74, 6) is -0.132. The molecular weight excluding hydrogens is 218 g/mol. The van der Waals surface area contributed by atoms with E-state index >= 15 is 0 Å². The fourth-order valence-corrected chi connectivity index (χ4v) is 1.96. The Morgan fingerprint density at radius 3 is 3.06 bits per heavy atom. The van der Waals surface area contributed by atoms with Crippen molar-refractivity contribution in [1.82, 2.24) is 25.6 Å². The topological polar surface area (TPSA) is 71.8 Å². The zero-order valence-electron chi connectivity index (χ0n) is 10.1. The van der Waals surface area contributed by atoms with Crippen LogP contribution < -0.4 is 10.6 Å². The zero-order valence-corrected chi connectivity index (χ0v) is 10.1. The van der Waals surface area contributed by atoms with Crippen LogP contribution in [-0.2, 0) is 0 Å². The van der Waals surface area contributed by atoms with Gasteiger partial charge in [-0.1, -0.05) is 12.1 Å². The molecule has 1 fully saturated rings. The van der Waals surface area contributed by atoms with Gasteiger partial charge >= 0.3 is 0 Å². The van der Waals surface area contributed by atoms with Gasteiger partial charge in [0.25, 0.3) is 5.91 Å². The molecule has 0 unspecified atom stereocenters. The molecule has 0 aliphatic carbocycles. The molecule has 0 radical (unpaired) electrons. The minimum atomic E-state index is -0.132. The first-order valence-corrected chi connectivity index (χ1v) is 6.22. The second-order valence-electron chi connectivity index (χ2n) is 4.32. The standard InChI is InChI=1S/C11H19N5O/c1-2-5-13-11(17)10-8-16(15-14-10)9-3-6-12-7-4-9/h8-9,12H,2-7H2,1H3,(H,13,17). The molecule has 1 aromatic heterocycles. The van der Waals surface area contributed by atoms with Crippen molar-refractivity contribution >= 4 is 5.91 Å². The Labute approximate surface area is 101 Å². The number of carbonyl (C=O) groups is 1. The van der Waals surface area contributed by atoms with E-state index in [0.717, 1.165) is 32.4 Å². The molecule has 0 saturated carbocycles. The fraction of sp³-hybridized carbons (Fsp3) is 0.727. The molecule has 1 aliphatic rings. The number of hydrogen-bond acceptors (Lipinski definition) is 4. The van der Waals surface area contributed by atoms with Gasteiger partial charge in [0, 0.05) is 6.54 Å². The Morgan fingerprint density at radius 1 is 1.59 bits per heavy atom. The second-order valence-corrected chi connectivity index (χ2v) is 4.32. The van der Waals surface area contributed by atoms with E-state index in [-0.39, 0.29) is 5.91 Å². The normalized spacial score (nSPS) is 17.0. The van der Waals surface area contributed by atoms with Gasteiger partial charge in [-0.2, -0.15) is 0 Å². The van der Waals surface area contributed by atoms with Crippen LogP contribution in [0.15, 0.2) is 6.20 Å². The summed E-state index contributed by atoms with van der Waals surface area (Å²) in [6.45, 7) is 4.70. The Morgan fingerprint density at radius 2 is 2.35 bits per heavy atom. The predicted octanol–water partition coefficient (Wildman–Crippen LogP) is 0.342. The van der Waals surface area contributed by atoms with Crippen molar-refractivity contribution in [2.45, 2.75) is 32.2 Å². The number of piperidine rings is 1. The van der Waals surface area contributed by atoms with Crippen LogP contribution in [0.1, 0.15) is 42.7 Å². The molecule has 2 heterocycles. The maximum Gasteiger partial charge on any atom is 0.273 e. The number of nitrogens with zero attached hydrogens (tertiary/aromatic N) is 3. The van der Waals surface area contributed by atoms with Crippen molar-refractivity contribution in [3.8, 4) is 0 Å². The number of carbonyl (C=O) groups excluding carboxylic acids is 1. The van der Waals surface area contributed by atoms with E-state index in [4.69, 9.17) is 0 Å². The summed E-state index contributed by atoms with van der Waals surface area (Å²) < 4.78 is 1.82. The lowest BCUT2D eigenvalue weighted by atomic mass is 10.1. The van der Waals surface area contributed by atoms with Gasteiger partial charge < -0.3 is 10.6 Å². The van der Waals surface area contributed by atoms with Gasteiger partial charge in [0.05, 0.1) is 12.2 Å². The van der Waals surface area contributed by atoms with Crippen molar-refractivity contribution in [1.29, 1.82) is 0 Å². The quantitative estimate of drug-likeness (QED) is 0.792. The first kappa shape index (κ1) is 12.0. The summed E-state index contributed by atoms with van der Waals surface area (Å²) in [7, 11) is 0. The summed E-state index contributed by atoms with van der Waals surface area (Å²) in [4.78, 5) is 11.7. The molecule has 2 N–H and O–H groups in total. The lowest BCUT2D eigenvalue weighted by molar-refractivity contribution is 0.0948. The zero-order chi connectivity index (χ0) is 12.1. The number of rotatable bonds is 4. The summed E-state index contributed by atoms with van der Waals surface area (Å²) >= 11 is 0. The van der Waals surface area contributed by atoms with Crippen LogP contribution >= 0.6 is 0 Å². The third-order valence-corrected chi connectivity index (χ3v) is 2.96. The minimum Gasteiger partial charge on any atom is -0.351 e. The van der Waals surface area contributed by atoms with E-state index < -0.39 is 0 Å². The number of nitrogens with one attached hydrogen (secondary N) is 2. The molecule has 1 saturated heterocycles. The van der Waals surface area contributed by atoms with Gasteiger partial charge in [-0.05, 0) is 32.4 Å². The van der Waals surface area contributed by atoms with Crippen LogP contribution in [-0.4, -0.2) is 40.5 Å². The second kappa shape index (κ2) is 5.77. The molecule has 0 atom stereocenters. The Bertz CT molecular complexity index is 370. The van der Waals surface area contributed by atoms with Gasteiger partial charge in [-0.15, -0.1) is 5.10 Å². The van der Waals surface area contributed by atoms with Crippen molar-refractivity contribution in [2.24, 2.45) is 0 Å². The molecule has 0 aromatic carbocycles. The van der Waals surface area contributed by atoms with Crippen LogP contribution in [0, 0.1) is 0 Å². The SMILES string of the molecule is CCCNC(=O)c1cn(C2CCNCC2)nn1. The van der Waals surface area contributed by atoms with Gasteiger partial charge in [0.15, 0.2) is 5.69 Å². The molecule has 1 aromatic rings. The monoisotopic (exact) mass is 237 g/mol. The Balaban J connectivity index is 1.97. The van der Waals surface area contributed by atoms with E-state index in [2.05, 4.69) is 20.9 Å². The van der Waals surface area contributed by atoms with E-state index in [9.17, 15) is 4.79 Å². The molecule has 6 heteroatoms. The fourth-order valence-electron chi connectivity index (χ4n) is 1.96. The highest BCUT2D eigenvalue weighted by atomic mass is 16.2. The van der Waals surface area contributed by atoms with Crippen molar-refractivity contribution in [2.75, 3.05) is 19.6 Å². The van der Waals surface area contributed by atoms with Crippen LogP contribution in [0.25, 0.3) is 0 Å². The van der Waals surface area contributed by atoms with Crippen LogP contribution in [0.5, 0.6) is 0 Å². The summed E-state index contributed by atoms with van der Waals surface area (Å²) in [6, 6.07) is 0.372. The van der Waals surface area contributed by atoms with Crippen molar-refractivity contribution < 1.29 is 4.79 Å².